The molecule has 5 rings (SSSR count). The predicted octanol–water partition coefficient (Wildman–Crippen LogP) is 4.35. The first-order valence-electron chi connectivity index (χ1n) is 10.9. The Kier molecular flexibility index (Phi) is 5.57. The second kappa shape index (κ2) is 8.57. The van der Waals surface area contributed by atoms with Crippen molar-refractivity contribution in [2.24, 2.45) is 5.92 Å². The first-order chi connectivity index (χ1) is 16.5. The van der Waals surface area contributed by atoms with Gasteiger partial charge >= 0.3 is 0 Å². The summed E-state index contributed by atoms with van der Waals surface area (Å²) in [7, 11) is 8.02. The normalized spacial score (nSPS) is 20.6. The van der Waals surface area contributed by atoms with Gasteiger partial charge in [-0.3, -0.25) is 4.79 Å². The van der Waals surface area contributed by atoms with E-state index in [1.807, 2.05) is 36.4 Å². The van der Waals surface area contributed by atoms with Crippen molar-refractivity contribution in [3.63, 3.8) is 0 Å². The number of hydrogen-bond donors (Lipinski definition) is 0. The number of rotatable bonds is 6. The molecule has 0 bridgehead atoms. The predicted molar refractivity (Wildman–Crippen MR) is 127 cm³/mol. The van der Waals surface area contributed by atoms with Crippen molar-refractivity contribution in [1.29, 1.82) is 0 Å². The maximum absolute atomic E-state index is 13.7. The Labute approximate surface area is 197 Å². The molecule has 0 N–H and O–H groups in total. The highest BCUT2D eigenvalue weighted by Gasteiger charge is 2.42. The van der Waals surface area contributed by atoms with Crippen molar-refractivity contribution < 1.29 is 33.2 Å². The van der Waals surface area contributed by atoms with Crippen LogP contribution in [0, 0.1) is 5.92 Å². The van der Waals surface area contributed by atoms with Crippen molar-refractivity contribution in [3.05, 3.63) is 70.2 Å². The van der Waals surface area contributed by atoms with E-state index in [0.29, 0.717) is 40.9 Å². The van der Waals surface area contributed by atoms with Gasteiger partial charge in [-0.15, -0.1) is 0 Å². The van der Waals surface area contributed by atoms with Crippen molar-refractivity contribution in [2.45, 2.75) is 12.7 Å². The van der Waals surface area contributed by atoms with E-state index >= 15 is 0 Å². The maximum Gasteiger partial charge on any atom is 0.177 e. The highest BCUT2D eigenvalue weighted by molar-refractivity contribution is 6.09. The minimum Gasteiger partial charge on any atom is -0.500 e. The summed E-state index contributed by atoms with van der Waals surface area (Å²) in [5, 5.41) is 1.71. The van der Waals surface area contributed by atoms with Crippen molar-refractivity contribution in [3.8, 4) is 17.2 Å². The smallest absolute Gasteiger partial charge is 0.177 e. The Balaban J connectivity index is 1.74. The van der Waals surface area contributed by atoms with Gasteiger partial charge in [0.15, 0.2) is 5.78 Å². The van der Waals surface area contributed by atoms with E-state index in [1.165, 1.54) is 0 Å². The lowest BCUT2D eigenvalue weighted by atomic mass is 9.76. The summed E-state index contributed by atoms with van der Waals surface area (Å²) in [5.41, 5.74) is 3.07. The quantitative estimate of drug-likeness (QED) is 0.632. The third kappa shape index (κ3) is 3.35. The van der Waals surface area contributed by atoms with Crippen LogP contribution >= 0.6 is 0 Å². The van der Waals surface area contributed by atoms with Crippen molar-refractivity contribution in [1.82, 2.24) is 0 Å². The highest BCUT2D eigenvalue weighted by atomic mass is 16.5. The standard InChI is InChI=1S/C27H26O7/c1-29-13-16-6-14-7-17(30-2)11-23(33-5)25(14)27-19(16)12-20-21(34-27)9-15-8-18(31-3)10-22(32-4)24(15)26(20)28/h6-12,21,24H,13H2,1-5H3. The Morgan fingerprint density at radius 3 is 2.41 bits per heavy atom. The largest absolute Gasteiger partial charge is 0.500 e. The van der Waals surface area contributed by atoms with Crippen molar-refractivity contribution in [2.75, 3.05) is 35.5 Å². The molecule has 2 aromatic carbocycles. The van der Waals surface area contributed by atoms with Crippen LogP contribution < -0.4 is 14.2 Å². The average molecular weight is 462 g/mol. The molecule has 34 heavy (non-hydrogen) atoms. The second-order valence-corrected chi connectivity index (χ2v) is 8.24. The molecule has 1 heterocycles. The number of allylic oxidation sites excluding steroid dienone is 3. The van der Waals surface area contributed by atoms with E-state index in [9.17, 15) is 4.79 Å². The first kappa shape index (κ1) is 22.1. The van der Waals surface area contributed by atoms with Gasteiger partial charge in [0.1, 0.15) is 40.8 Å². The Morgan fingerprint density at radius 2 is 1.74 bits per heavy atom. The molecule has 2 unspecified atom stereocenters. The first-order valence-corrected chi connectivity index (χ1v) is 10.9. The summed E-state index contributed by atoms with van der Waals surface area (Å²) in [5.74, 6) is 2.54. The van der Waals surface area contributed by atoms with Crippen LogP contribution in [0.4, 0.5) is 0 Å². The number of ether oxygens (including phenoxy) is 6. The van der Waals surface area contributed by atoms with Gasteiger partial charge in [-0.1, -0.05) is 0 Å². The van der Waals surface area contributed by atoms with Gasteiger partial charge in [-0.2, -0.15) is 0 Å². The van der Waals surface area contributed by atoms with E-state index in [1.54, 1.807) is 41.6 Å². The molecule has 0 saturated heterocycles. The lowest BCUT2D eigenvalue weighted by Crippen LogP contribution is -2.37. The molecule has 0 aromatic heterocycles. The molecule has 0 saturated carbocycles. The number of hydrogen-bond acceptors (Lipinski definition) is 7. The molecule has 2 atom stereocenters. The maximum atomic E-state index is 13.7. The number of carbonyl (C=O) groups is 1. The number of benzene rings is 2. The van der Waals surface area contributed by atoms with E-state index in [0.717, 1.165) is 27.5 Å². The molecular weight excluding hydrogens is 436 g/mol. The highest BCUT2D eigenvalue weighted by Crippen LogP contribution is 2.47. The van der Waals surface area contributed by atoms with Gasteiger partial charge < -0.3 is 28.4 Å². The molecule has 2 aromatic rings. The van der Waals surface area contributed by atoms with Crippen LogP contribution in [0.15, 0.2) is 59.1 Å². The van der Waals surface area contributed by atoms with E-state index < -0.39 is 12.0 Å². The zero-order chi connectivity index (χ0) is 24.0. The summed E-state index contributed by atoms with van der Waals surface area (Å²) in [6.45, 7) is 0.359. The molecule has 2 aliphatic carbocycles. The van der Waals surface area contributed by atoms with Gasteiger partial charge in [-0.05, 0) is 46.9 Å². The SMILES string of the molecule is COCc1cc2cc(OC)cc(OC)c2c2c1C=C1C(=O)C3C(=CC1O2)C=C(OC)C=C3OC. The number of ketones is 1. The molecule has 0 amide bonds. The van der Waals surface area contributed by atoms with Crippen LogP contribution in [0.1, 0.15) is 11.1 Å². The third-order valence-electron chi connectivity index (χ3n) is 6.43. The van der Waals surface area contributed by atoms with Crippen LogP contribution in [0.25, 0.3) is 16.8 Å². The Bertz CT molecular complexity index is 1310. The minimum absolute atomic E-state index is 0.0576. The number of carbonyl (C=O) groups excluding carboxylic acids is 1. The fraction of sp³-hybridized carbons (Fsp3) is 0.296. The van der Waals surface area contributed by atoms with E-state index in [-0.39, 0.29) is 5.78 Å². The monoisotopic (exact) mass is 462 g/mol. The minimum atomic E-state index is -0.551. The van der Waals surface area contributed by atoms with Gasteiger partial charge in [0.25, 0.3) is 0 Å². The summed E-state index contributed by atoms with van der Waals surface area (Å²) in [6, 6.07) is 5.78. The number of fused-ring (bicyclic) bond motifs is 5. The Morgan fingerprint density at radius 1 is 0.912 bits per heavy atom. The zero-order valence-electron chi connectivity index (χ0n) is 19.8. The van der Waals surface area contributed by atoms with Crippen LogP contribution in [-0.4, -0.2) is 47.4 Å². The lowest BCUT2D eigenvalue weighted by molar-refractivity contribution is -0.119. The molecule has 0 fully saturated rings. The van der Waals surface area contributed by atoms with Crippen LogP contribution in [0.3, 0.4) is 0 Å². The van der Waals surface area contributed by atoms with Crippen LogP contribution in [0.2, 0.25) is 0 Å². The lowest BCUT2D eigenvalue weighted by Gasteiger charge is -2.35. The topological polar surface area (TPSA) is 72.5 Å². The van der Waals surface area contributed by atoms with Crippen LogP contribution in [0.5, 0.6) is 17.2 Å². The molecule has 176 valence electrons. The molecular formula is C27H26O7. The molecule has 0 spiro atoms. The average Bonchev–Trinajstić information content (AvgIpc) is 2.86. The molecule has 1 aliphatic heterocycles. The van der Waals surface area contributed by atoms with E-state index in [4.69, 9.17) is 28.4 Å². The van der Waals surface area contributed by atoms with Crippen LogP contribution in [-0.2, 0) is 25.6 Å². The molecule has 0 radical (unpaired) electrons. The van der Waals surface area contributed by atoms with Crippen molar-refractivity contribution >= 4 is 22.6 Å². The van der Waals surface area contributed by atoms with Gasteiger partial charge in [0.05, 0.1) is 40.4 Å². The molecule has 7 heteroatoms. The molecule has 3 aliphatic rings. The number of methoxy groups -OCH3 is 5. The summed E-state index contributed by atoms with van der Waals surface area (Å²) >= 11 is 0. The summed E-state index contributed by atoms with van der Waals surface area (Å²) in [6.07, 6.45) is 6.92. The van der Waals surface area contributed by atoms with Gasteiger partial charge in [0.2, 0.25) is 0 Å². The fourth-order valence-electron chi connectivity index (χ4n) is 4.85. The van der Waals surface area contributed by atoms with E-state index in [2.05, 4.69) is 0 Å². The fourth-order valence-corrected chi connectivity index (χ4v) is 4.85. The second-order valence-electron chi connectivity index (χ2n) is 8.24. The van der Waals surface area contributed by atoms with Gasteiger partial charge in [0, 0.05) is 30.4 Å². The third-order valence-corrected chi connectivity index (χ3v) is 6.43. The zero-order valence-corrected chi connectivity index (χ0v) is 19.8. The van der Waals surface area contributed by atoms with Gasteiger partial charge in [-0.25, -0.2) is 0 Å². The summed E-state index contributed by atoms with van der Waals surface area (Å²) in [4.78, 5) is 13.7. The summed E-state index contributed by atoms with van der Waals surface area (Å²) < 4.78 is 34.1. The molecule has 7 nitrogen and oxygen atoms in total. The Hall–Kier alpha value is -3.71. The number of Topliss-reactive ketones (excluding diaryl/α,β-unsaturated/α-hetero) is 1.